The zero-order valence-electron chi connectivity index (χ0n) is 24.5. The number of H-pyrrole nitrogens is 1. The van der Waals surface area contributed by atoms with Gasteiger partial charge < -0.3 is 19.4 Å². The van der Waals surface area contributed by atoms with E-state index < -0.39 is 41.0 Å². The van der Waals surface area contributed by atoms with Crippen LogP contribution < -0.4 is 0 Å². The lowest BCUT2D eigenvalue weighted by molar-refractivity contribution is -0.143. The van der Waals surface area contributed by atoms with Crippen molar-refractivity contribution >= 4 is 41.6 Å². The summed E-state index contributed by atoms with van der Waals surface area (Å²) in [6.45, 7) is 5.05. The fraction of sp³-hybridized carbons (Fsp3) is 0.500. The molecule has 2 fully saturated rings. The summed E-state index contributed by atoms with van der Waals surface area (Å²) < 4.78 is 92.3. The number of halogens is 8. The summed E-state index contributed by atoms with van der Waals surface area (Å²) in [6.07, 6.45) is -7.88. The van der Waals surface area contributed by atoms with Gasteiger partial charge in [0.15, 0.2) is 0 Å². The lowest BCUT2D eigenvalue weighted by Crippen LogP contribution is -2.57. The summed E-state index contributed by atoms with van der Waals surface area (Å²) in [5.41, 5.74) is -1.83. The molecule has 0 saturated carbocycles. The molecule has 2 saturated heterocycles. The Labute approximate surface area is 269 Å². The highest BCUT2D eigenvalue weighted by Gasteiger charge is 2.39. The molecule has 5 rings (SSSR count). The van der Waals surface area contributed by atoms with Crippen LogP contribution in [0.4, 0.5) is 26.3 Å². The van der Waals surface area contributed by atoms with E-state index in [1.54, 1.807) is 7.11 Å². The average Bonchev–Trinajstić information content (AvgIpc) is 3.38. The SMILES string of the molecule is COC[C@@H]1CN(CCN2CCN(C(=O)c3cc(C(F)(F)F)cc(C(F)(F)F)c3)[C@H](Cc3c[nH]c4ccccc34)C2)CCO1.Cl.Cl. The Kier molecular flexibility index (Phi) is 12.6. The predicted molar refractivity (Wildman–Crippen MR) is 162 cm³/mol. The number of morpholine rings is 1. The van der Waals surface area contributed by atoms with Gasteiger partial charge in [0.25, 0.3) is 5.91 Å². The van der Waals surface area contributed by atoms with Crippen molar-refractivity contribution in [2.45, 2.75) is 30.9 Å². The van der Waals surface area contributed by atoms with Gasteiger partial charge in [-0.2, -0.15) is 26.3 Å². The Bertz CT molecular complexity index is 1390. The minimum absolute atomic E-state index is 0. The minimum atomic E-state index is -5.04. The summed E-state index contributed by atoms with van der Waals surface area (Å²) in [6, 6.07) is 8.21. The van der Waals surface area contributed by atoms with Crippen molar-refractivity contribution in [3.63, 3.8) is 0 Å². The van der Waals surface area contributed by atoms with Crippen LogP contribution in [0.1, 0.15) is 27.0 Å². The number of rotatable bonds is 8. The number of alkyl halides is 6. The van der Waals surface area contributed by atoms with Gasteiger partial charge in [0.2, 0.25) is 0 Å². The first-order chi connectivity index (χ1) is 20.4. The van der Waals surface area contributed by atoms with Crippen LogP contribution in [0, 0.1) is 0 Å². The van der Waals surface area contributed by atoms with Gasteiger partial charge in [-0.3, -0.25) is 14.6 Å². The number of nitrogens with one attached hydrogen (secondary N) is 1. The Hall–Kier alpha value is -2.55. The molecule has 2 aliphatic heterocycles. The first-order valence-corrected chi connectivity index (χ1v) is 14.1. The van der Waals surface area contributed by atoms with Gasteiger partial charge in [0.1, 0.15) is 0 Å². The third-order valence-corrected chi connectivity index (χ3v) is 8.10. The topological polar surface area (TPSA) is 61.0 Å². The van der Waals surface area contributed by atoms with E-state index in [-0.39, 0.29) is 43.5 Å². The third-order valence-electron chi connectivity index (χ3n) is 8.10. The number of methoxy groups -OCH3 is 1. The Morgan fingerprint density at radius 1 is 0.933 bits per heavy atom. The molecular weight excluding hydrogens is 649 g/mol. The van der Waals surface area contributed by atoms with E-state index in [0.717, 1.165) is 36.1 Å². The van der Waals surface area contributed by atoms with E-state index in [0.29, 0.717) is 51.4 Å². The van der Waals surface area contributed by atoms with Crippen molar-refractivity contribution in [1.82, 2.24) is 19.7 Å². The van der Waals surface area contributed by atoms with Crippen LogP contribution in [0.3, 0.4) is 0 Å². The van der Waals surface area contributed by atoms with Gasteiger partial charge in [-0.15, -0.1) is 24.8 Å². The Balaban J connectivity index is 0.00000276. The van der Waals surface area contributed by atoms with Gasteiger partial charge in [-0.1, -0.05) is 18.2 Å². The number of piperazine rings is 1. The summed E-state index contributed by atoms with van der Waals surface area (Å²) in [7, 11) is 1.63. The first kappa shape index (κ1) is 36.9. The van der Waals surface area contributed by atoms with Crippen LogP contribution in [0.15, 0.2) is 48.7 Å². The van der Waals surface area contributed by atoms with Crippen LogP contribution in [-0.2, 0) is 28.2 Å². The number of aromatic amines is 1. The number of carbonyl (C=O) groups is 1. The van der Waals surface area contributed by atoms with E-state index in [1.807, 2.05) is 30.5 Å². The molecule has 250 valence electrons. The molecule has 2 atom stereocenters. The number of carbonyl (C=O) groups excluding carboxylic acids is 1. The lowest BCUT2D eigenvalue weighted by Gasteiger charge is -2.42. The normalized spacial score (nSPS) is 20.1. The van der Waals surface area contributed by atoms with Gasteiger partial charge >= 0.3 is 12.4 Å². The number of nitrogens with zero attached hydrogens (tertiary/aromatic N) is 3. The minimum Gasteiger partial charge on any atom is -0.382 e. The highest BCUT2D eigenvalue weighted by molar-refractivity contribution is 5.95. The fourth-order valence-electron chi connectivity index (χ4n) is 5.92. The standard InChI is InChI=1S/C30H34F6N4O3.2ClH/c1-42-19-25-18-39(10-11-43-25)7-6-38-8-9-40(24(17-38)14-21-16-37-27-5-3-2-4-26(21)27)28(41)20-12-22(29(31,32)33)15-23(13-20)30(34,35)36;;/h2-5,12-13,15-16,24-25,37H,6-11,14,17-19H2,1H3;2*1H/t24-,25+;;/m1../s1. The molecule has 2 aliphatic rings. The summed E-state index contributed by atoms with van der Waals surface area (Å²) >= 11 is 0. The molecule has 0 radical (unpaired) electrons. The zero-order valence-corrected chi connectivity index (χ0v) is 26.1. The van der Waals surface area contributed by atoms with Crippen molar-refractivity contribution < 1.29 is 40.6 Å². The smallest absolute Gasteiger partial charge is 0.382 e. The quantitative estimate of drug-likeness (QED) is 0.306. The number of hydrogen-bond donors (Lipinski definition) is 1. The highest BCUT2D eigenvalue weighted by atomic mass is 35.5. The molecule has 45 heavy (non-hydrogen) atoms. The number of ether oxygens (including phenoxy) is 2. The molecule has 1 N–H and O–H groups in total. The summed E-state index contributed by atoms with van der Waals surface area (Å²) in [4.78, 5) is 22.8. The monoisotopic (exact) mass is 684 g/mol. The van der Waals surface area contributed by atoms with Crippen LogP contribution in [0.2, 0.25) is 0 Å². The Morgan fingerprint density at radius 3 is 2.22 bits per heavy atom. The maximum absolute atomic E-state index is 13.7. The molecular formula is C30H36Cl2F6N4O3. The maximum Gasteiger partial charge on any atom is 0.416 e. The number of hydrogen-bond acceptors (Lipinski definition) is 5. The predicted octanol–water partition coefficient (Wildman–Crippen LogP) is 5.77. The van der Waals surface area contributed by atoms with E-state index in [4.69, 9.17) is 9.47 Å². The van der Waals surface area contributed by atoms with E-state index in [9.17, 15) is 31.1 Å². The number of benzene rings is 2. The van der Waals surface area contributed by atoms with E-state index >= 15 is 0 Å². The number of amides is 1. The largest absolute Gasteiger partial charge is 0.416 e. The van der Waals surface area contributed by atoms with Crippen molar-refractivity contribution in [2.75, 3.05) is 66.1 Å². The second-order valence-corrected chi connectivity index (χ2v) is 11.1. The third kappa shape index (κ3) is 9.05. The number of fused-ring (bicyclic) bond motifs is 1. The molecule has 1 aromatic heterocycles. The Morgan fingerprint density at radius 2 is 1.58 bits per heavy atom. The second-order valence-electron chi connectivity index (χ2n) is 11.1. The number of para-hydroxylation sites is 1. The van der Waals surface area contributed by atoms with E-state index in [2.05, 4.69) is 14.8 Å². The number of aromatic nitrogens is 1. The van der Waals surface area contributed by atoms with Crippen LogP contribution >= 0.6 is 24.8 Å². The second kappa shape index (κ2) is 15.4. The van der Waals surface area contributed by atoms with Crippen molar-refractivity contribution in [2.24, 2.45) is 0 Å². The van der Waals surface area contributed by atoms with Gasteiger partial charge in [-0.05, 0) is 36.2 Å². The van der Waals surface area contributed by atoms with Gasteiger partial charge in [0.05, 0.1) is 30.4 Å². The fourth-order valence-corrected chi connectivity index (χ4v) is 5.92. The van der Waals surface area contributed by atoms with Crippen LogP contribution in [0.5, 0.6) is 0 Å². The highest BCUT2D eigenvalue weighted by Crippen LogP contribution is 2.37. The molecule has 15 heteroatoms. The van der Waals surface area contributed by atoms with E-state index in [1.165, 1.54) is 4.90 Å². The van der Waals surface area contributed by atoms with Gasteiger partial charge in [0, 0.05) is 81.6 Å². The molecule has 0 spiro atoms. The molecule has 0 unspecified atom stereocenters. The lowest BCUT2D eigenvalue weighted by atomic mass is 9.98. The average molecular weight is 686 g/mol. The van der Waals surface area contributed by atoms with Crippen LogP contribution in [0.25, 0.3) is 10.9 Å². The summed E-state index contributed by atoms with van der Waals surface area (Å²) in [5, 5.41) is 0.947. The summed E-state index contributed by atoms with van der Waals surface area (Å²) in [5.74, 6) is -0.850. The molecule has 0 bridgehead atoms. The molecule has 3 aromatic rings. The van der Waals surface area contributed by atoms with Crippen LogP contribution in [-0.4, -0.2) is 104 Å². The molecule has 3 heterocycles. The van der Waals surface area contributed by atoms with Crippen molar-refractivity contribution in [3.8, 4) is 0 Å². The molecule has 2 aromatic carbocycles. The molecule has 1 amide bonds. The van der Waals surface area contributed by atoms with Crippen molar-refractivity contribution in [3.05, 3.63) is 70.9 Å². The molecule has 0 aliphatic carbocycles. The van der Waals surface area contributed by atoms with Gasteiger partial charge in [-0.25, -0.2) is 0 Å². The van der Waals surface area contributed by atoms with Crippen molar-refractivity contribution in [1.29, 1.82) is 0 Å². The zero-order chi connectivity index (χ0) is 30.8. The maximum atomic E-state index is 13.7. The molecule has 7 nitrogen and oxygen atoms in total. The first-order valence-electron chi connectivity index (χ1n) is 14.1.